The fourth-order valence-electron chi connectivity index (χ4n) is 12.2. The van der Waals surface area contributed by atoms with Crippen molar-refractivity contribution in [3.63, 3.8) is 0 Å². The van der Waals surface area contributed by atoms with Gasteiger partial charge in [-0.25, -0.2) is 0 Å². The monoisotopic (exact) mass is 1070 g/mol. The molecule has 3 atom stereocenters. The van der Waals surface area contributed by atoms with Gasteiger partial charge in [-0.2, -0.15) is 0 Å². The molecule has 76 heavy (non-hydrogen) atoms. The van der Waals surface area contributed by atoms with Gasteiger partial charge in [0.15, 0.2) is 0 Å². The third-order valence-electron chi connectivity index (χ3n) is 17.9. The minimum atomic E-state index is -0.804. The number of unbranched alkanes of at least 4 members (excludes halogenated alkanes) is 57. The number of Topliss-reactive ketones (excluding diaryl/α,β-unsaturated/α-hetero) is 1. The molecule has 0 aromatic rings. The number of carbonyl (C=O) groups is 2. The van der Waals surface area contributed by atoms with E-state index in [1.54, 1.807) is 0 Å². The second-order valence-electron chi connectivity index (χ2n) is 25.5. The van der Waals surface area contributed by atoms with Gasteiger partial charge in [0, 0.05) is 12.3 Å². The Kier molecular flexibility index (Phi) is 64.1. The summed E-state index contributed by atoms with van der Waals surface area (Å²) in [4.78, 5) is 24.6. The zero-order chi connectivity index (χ0) is 55.1. The van der Waals surface area contributed by atoms with E-state index in [0.717, 1.165) is 44.9 Å². The highest BCUT2D eigenvalue weighted by atomic mass is 16.4. The molecule has 0 amide bonds. The Labute approximate surface area is 479 Å². The molecule has 454 valence electrons. The summed E-state index contributed by atoms with van der Waals surface area (Å²) in [7, 11) is 0. The van der Waals surface area contributed by atoms with Crippen molar-refractivity contribution in [2.45, 2.75) is 438 Å². The van der Waals surface area contributed by atoms with Gasteiger partial charge in [-0.15, -0.1) is 0 Å². The molecule has 4 nitrogen and oxygen atoms in total. The van der Waals surface area contributed by atoms with Crippen molar-refractivity contribution in [2.24, 2.45) is 11.8 Å². The van der Waals surface area contributed by atoms with Crippen LogP contribution >= 0.6 is 0 Å². The molecular formula is C72H142O4. The average Bonchev–Trinajstić information content (AvgIpc) is 3.41. The number of aliphatic carboxylic acids is 1. The number of aliphatic hydroxyl groups excluding tert-OH is 1. The number of rotatable bonds is 68. The van der Waals surface area contributed by atoms with E-state index < -0.39 is 18.0 Å². The van der Waals surface area contributed by atoms with Gasteiger partial charge in [-0.1, -0.05) is 400 Å². The maximum absolute atomic E-state index is 12.7. The van der Waals surface area contributed by atoms with Crippen LogP contribution in [0.3, 0.4) is 0 Å². The second kappa shape index (κ2) is 64.9. The lowest BCUT2D eigenvalue weighted by atomic mass is 9.91. The Hall–Kier alpha value is -0.900. The second-order valence-corrected chi connectivity index (χ2v) is 25.5. The summed E-state index contributed by atoms with van der Waals surface area (Å²) in [5.74, 6) is -0.587. The van der Waals surface area contributed by atoms with Crippen LogP contribution in [-0.2, 0) is 9.59 Å². The normalized spacial score (nSPS) is 12.9. The zero-order valence-electron chi connectivity index (χ0n) is 52.7. The summed E-state index contributed by atoms with van der Waals surface area (Å²) in [6, 6.07) is 0. The maximum atomic E-state index is 12.7. The summed E-state index contributed by atoms with van der Waals surface area (Å²) in [6.45, 7) is 6.77. The van der Waals surface area contributed by atoms with Crippen LogP contribution in [0.5, 0.6) is 0 Å². The topological polar surface area (TPSA) is 74.6 Å². The fraction of sp³-hybridized carbons (Fsp3) is 0.972. The summed E-state index contributed by atoms with van der Waals surface area (Å²) < 4.78 is 0. The van der Waals surface area contributed by atoms with Crippen LogP contribution in [0.2, 0.25) is 0 Å². The number of hydrogen-bond donors (Lipinski definition) is 2. The number of carbonyl (C=O) groups excluding carboxylic acids is 1. The molecule has 0 aromatic carbocycles. The molecule has 0 aliphatic rings. The van der Waals surface area contributed by atoms with Crippen molar-refractivity contribution in [1.29, 1.82) is 0 Å². The molecule has 2 N–H and O–H groups in total. The fourth-order valence-corrected chi connectivity index (χ4v) is 12.2. The van der Waals surface area contributed by atoms with Gasteiger partial charge in [0.25, 0.3) is 0 Å². The van der Waals surface area contributed by atoms with Crippen molar-refractivity contribution < 1.29 is 19.8 Å². The van der Waals surface area contributed by atoms with Gasteiger partial charge in [0.2, 0.25) is 0 Å². The summed E-state index contributed by atoms with van der Waals surface area (Å²) in [5, 5.41) is 20.5. The highest BCUT2D eigenvalue weighted by Gasteiger charge is 2.25. The Bertz CT molecular complexity index is 1100. The first-order valence-corrected chi connectivity index (χ1v) is 35.9. The van der Waals surface area contributed by atoms with Gasteiger partial charge in [-0.05, 0) is 25.7 Å². The molecule has 0 saturated heterocycles. The molecule has 0 rings (SSSR count). The Morgan fingerprint density at radius 1 is 0.263 bits per heavy atom. The first-order valence-electron chi connectivity index (χ1n) is 35.9. The molecule has 0 bridgehead atoms. The quantitative estimate of drug-likeness (QED) is 0.0595. The molecule has 0 fully saturated rings. The Balaban J connectivity index is 3.38. The molecule has 0 radical (unpaired) electrons. The van der Waals surface area contributed by atoms with Crippen LogP contribution in [0.1, 0.15) is 432 Å². The van der Waals surface area contributed by atoms with Crippen molar-refractivity contribution in [1.82, 2.24) is 0 Å². The molecule has 0 aliphatic heterocycles. The van der Waals surface area contributed by atoms with Crippen LogP contribution in [0.4, 0.5) is 0 Å². The van der Waals surface area contributed by atoms with Crippen molar-refractivity contribution in [3.05, 3.63) is 0 Å². The standard InChI is InChI=1S/C72H142O4/c1-4-6-8-10-12-14-16-18-20-22-33-37-41-45-49-53-57-61-65-69(72(75)76)71(74)67-63-59-55-51-47-43-39-35-32-30-28-26-24-23-25-27-29-31-34-38-42-46-50-54-58-62-66-70(73)68(3)64-60-56-52-48-44-40-36-21-19-17-15-13-11-9-7-5-2/h68-69,71,74H,4-67H2,1-3H3,(H,75,76). The predicted octanol–water partition coefficient (Wildman–Crippen LogP) is 25.3. The molecule has 0 aliphatic carbocycles. The van der Waals surface area contributed by atoms with E-state index in [4.69, 9.17) is 0 Å². The van der Waals surface area contributed by atoms with E-state index >= 15 is 0 Å². The van der Waals surface area contributed by atoms with E-state index in [0.29, 0.717) is 18.6 Å². The van der Waals surface area contributed by atoms with Gasteiger partial charge in [-0.3, -0.25) is 9.59 Å². The van der Waals surface area contributed by atoms with Gasteiger partial charge in [0.05, 0.1) is 12.0 Å². The molecule has 3 unspecified atom stereocenters. The minimum absolute atomic E-state index is 0.277. The van der Waals surface area contributed by atoms with Crippen LogP contribution in [0, 0.1) is 11.8 Å². The molecule has 0 saturated carbocycles. The van der Waals surface area contributed by atoms with Crippen molar-refractivity contribution >= 4 is 11.8 Å². The maximum Gasteiger partial charge on any atom is 0.309 e. The highest BCUT2D eigenvalue weighted by Crippen LogP contribution is 2.23. The van der Waals surface area contributed by atoms with Crippen LogP contribution in [0.15, 0.2) is 0 Å². The van der Waals surface area contributed by atoms with E-state index in [1.807, 2.05) is 0 Å². The van der Waals surface area contributed by atoms with Crippen molar-refractivity contribution in [2.75, 3.05) is 0 Å². The van der Waals surface area contributed by atoms with E-state index in [9.17, 15) is 19.8 Å². The number of hydrogen-bond acceptors (Lipinski definition) is 3. The molecule has 0 aromatic heterocycles. The number of aliphatic hydroxyl groups is 1. The first-order chi connectivity index (χ1) is 37.4. The summed E-state index contributed by atoms with van der Waals surface area (Å²) in [6.07, 6.45) is 84.1. The van der Waals surface area contributed by atoms with Crippen LogP contribution in [-0.4, -0.2) is 28.1 Å². The lowest BCUT2D eigenvalue weighted by Gasteiger charge is -2.19. The smallest absolute Gasteiger partial charge is 0.309 e. The molecule has 0 spiro atoms. The molecular weight excluding hydrogens is 929 g/mol. The lowest BCUT2D eigenvalue weighted by Crippen LogP contribution is -2.28. The third-order valence-corrected chi connectivity index (χ3v) is 17.9. The number of carboxylic acid groups (broad SMARTS) is 1. The van der Waals surface area contributed by atoms with Gasteiger partial charge < -0.3 is 10.2 Å². The largest absolute Gasteiger partial charge is 0.481 e. The average molecular weight is 1070 g/mol. The lowest BCUT2D eigenvalue weighted by molar-refractivity contribution is -0.146. The summed E-state index contributed by atoms with van der Waals surface area (Å²) in [5.41, 5.74) is 0. The number of carboxylic acids is 1. The van der Waals surface area contributed by atoms with Crippen LogP contribution < -0.4 is 0 Å². The van der Waals surface area contributed by atoms with Crippen LogP contribution in [0.25, 0.3) is 0 Å². The van der Waals surface area contributed by atoms with E-state index in [1.165, 1.54) is 353 Å². The minimum Gasteiger partial charge on any atom is -0.481 e. The van der Waals surface area contributed by atoms with E-state index in [2.05, 4.69) is 20.8 Å². The predicted molar refractivity (Wildman–Crippen MR) is 338 cm³/mol. The van der Waals surface area contributed by atoms with Crippen molar-refractivity contribution in [3.8, 4) is 0 Å². The van der Waals surface area contributed by atoms with Gasteiger partial charge >= 0.3 is 5.97 Å². The molecule has 0 heterocycles. The van der Waals surface area contributed by atoms with Gasteiger partial charge in [0.1, 0.15) is 5.78 Å². The SMILES string of the molecule is CCCCCCCCCCCCCCCCCCCCC(C(=O)O)C(O)CCCCCCCCCCCCCCCCCCCCCCCCCCCCC(=O)C(C)CCCCCCCCCCCCCCCCCC. The number of ketones is 1. The zero-order valence-corrected chi connectivity index (χ0v) is 52.7. The Morgan fingerprint density at radius 3 is 0.671 bits per heavy atom. The Morgan fingerprint density at radius 2 is 0.447 bits per heavy atom. The first kappa shape index (κ1) is 75.1. The van der Waals surface area contributed by atoms with E-state index in [-0.39, 0.29) is 5.92 Å². The summed E-state index contributed by atoms with van der Waals surface area (Å²) >= 11 is 0. The molecule has 4 heteroatoms. The third kappa shape index (κ3) is 59.2. The highest BCUT2D eigenvalue weighted by molar-refractivity contribution is 5.80.